The second kappa shape index (κ2) is 5.86. The lowest BCUT2D eigenvalue weighted by molar-refractivity contribution is 0.210. The van der Waals surface area contributed by atoms with Crippen molar-refractivity contribution in [3.63, 3.8) is 0 Å². The Kier molecular flexibility index (Phi) is 4.64. The van der Waals surface area contributed by atoms with Gasteiger partial charge in [0, 0.05) is 20.8 Å². The van der Waals surface area contributed by atoms with Crippen LogP contribution in [-0.4, -0.2) is 14.9 Å². The van der Waals surface area contributed by atoms with Crippen LogP contribution in [0.25, 0.3) is 0 Å². The molecule has 3 nitrogen and oxygen atoms in total. The highest BCUT2D eigenvalue weighted by Crippen LogP contribution is 2.36. The van der Waals surface area contributed by atoms with Crippen LogP contribution in [0.15, 0.2) is 21.2 Å². The second-order valence-electron chi connectivity index (χ2n) is 4.06. The van der Waals surface area contributed by atoms with Crippen LogP contribution in [0.4, 0.5) is 0 Å². The summed E-state index contributed by atoms with van der Waals surface area (Å²) in [5, 5.41) is 14.8. The third kappa shape index (κ3) is 2.71. The largest absolute Gasteiger partial charge is 0.381 e. The van der Waals surface area contributed by atoms with Gasteiger partial charge in [0.1, 0.15) is 6.10 Å². The molecule has 0 aliphatic heterocycles. The Morgan fingerprint density at radius 1 is 1.44 bits per heavy atom. The zero-order valence-corrected chi connectivity index (χ0v) is 14.1. The Morgan fingerprint density at radius 3 is 2.72 bits per heavy atom. The van der Waals surface area contributed by atoms with Gasteiger partial charge >= 0.3 is 0 Å². The van der Waals surface area contributed by atoms with Gasteiger partial charge in [-0.3, -0.25) is 4.68 Å². The fourth-order valence-electron chi connectivity index (χ4n) is 1.78. The van der Waals surface area contributed by atoms with Crippen molar-refractivity contribution in [2.45, 2.75) is 32.9 Å². The van der Waals surface area contributed by atoms with Crippen molar-refractivity contribution >= 4 is 43.2 Å². The van der Waals surface area contributed by atoms with Gasteiger partial charge in [0.25, 0.3) is 0 Å². The third-order valence-corrected chi connectivity index (χ3v) is 5.47. The minimum Gasteiger partial charge on any atom is -0.381 e. The van der Waals surface area contributed by atoms with Gasteiger partial charge in [-0.25, -0.2) is 0 Å². The van der Waals surface area contributed by atoms with Crippen LogP contribution in [-0.2, 0) is 6.54 Å². The first-order valence-corrected chi connectivity index (χ1v) is 8.10. The normalized spacial score (nSPS) is 12.9. The molecule has 0 saturated heterocycles. The molecule has 98 valence electrons. The lowest BCUT2D eigenvalue weighted by Gasteiger charge is -2.12. The number of nitrogens with zero attached hydrogens (tertiary/aromatic N) is 2. The maximum Gasteiger partial charge on any atom is 0.131 e. The number of aromatic nitrogens is 2. The van der Waals surface area contributed by atoms with E-state index in [4.69, 9.17) is 0 Å². The van der Waals surface area contributed by atoms with Gasteiger partial charge in [-0.05, 0) is 51.3 Å². The van der Waals surface area contributed by atoms with Gasteiger partial charge in [0.05, 0.1) is 16.4 Å². The smallest absolute Gasteiger partial charge is 0.131 e. The van der Waals surface area contributed by atoms with Crippen molar-refractivity contribution in [2.75, 3.05) is 0 Å². The molecular weight excluding hydrogens is 380 g/mol. The van der Waals surface area contributed by atoms with Crippen LogP contribution < -0.4 is 0 Å². The van der Waals surface area contributed by atoms with E-state index >= 15 is 0 Å². The molecule has 0 aromatic carbocycles. The molecule has 2 aromatic rings. The highest BCUT2D eigenvalue weighted by molar-refractivity contribution is 9.10. The van der Waals surface area contributed by atoms with Crippen molar-refractivity contribution in [2.24, 2.45) is 0 Å². The van der Waals surface area contributed by atoms with E-state index in [1.54, 1.807) is 17.5 Å². The average molecular weight is 394 g/mol. The molecule has 1 atom stereocenters. The van der Waals surface area contributed by atoms with Gasteiger partial charge in [0.2, 0.25) is 0 Å². The molecule has 0 saturated carbocycles. The van der Waals surface area contributed by atoms with E-state index < -0.39 is 6.10 Å². The van der Waals surface area contributed by atoms with Crippen LogP contribution in [0.1, 0.15) is 34.9 Å². The maximum absolute atomic E-state index is 10.5. The summed E-state index contributed by atoms with van der Waals surface area (Å²) in [7, 11) is 0. The van der Waals surface area contributed by atoms with Gasteiger partial charge in [-0.2, -0.15) is 5.10 Å². The molecule has 18 heavy (non-hydrogen) atoms. The molecule has 0 radical (unpaired) electrons. The molecule has 0 bridgehead atoms. The van der Waals surface area contributed by atoms with Crippen LogP contribution >= 0.6 is 43.2 Å². The zero-order valence-electron chi connectivity index (χ0n) is 10.2. The number of halogens is 2. The molecule has 0 spiro atoms. The predicted octanol–water partition coefficient (Wildman–Crippen LogP) is 4.27. The average Bonchev–Trinajstić information content (AvgIpc) is 2.84. The molecule has 0 aliphatic rings. The lowest BCUT2D eigenvalue weighted by atomic mass is 10.2. The summed E-state index contributed by atoms with van der Waals surface area (Å²) < 4.78 is 3.75. The van der Waals surface area contributed by atoms with Gasteiger partial charge in [-0.15, -0.1) is 11.3 Å². The molecule has 0 aliphatic carbocycles. The Labute approximate surface area is 127 Å². The maximum atomic E-state index is 10.5. The Morgan fingerprint density at radius 2 is 2.17 bits per heavy atom. The number of hydrogen-bond acceptors (Lipinski definition) is 3. The van der Waals surface area contributed by atoms with Crippen LogP contribution in [0.3, 0.4) is 0 Å². The molecule has 2 heterocycles. The van der Waals surface area contributed by atoms with Crippen molar-refractivity contribution in [3.8, 4) is 0 Å². The minimum absolute atomic E-state index is 0.636. The van der Waals surface area contributed by atoms with Crippen molar-refractivity contribution in [3.05, 3.63) is 36.7 Å². The molecule has 2 aromatic heterocycles. The molecule has 6 heteroatoms. The summed E-state index contributed by atoms with van der Waals surface area (Å²) in [6.45, 7) is 4.94. The van der Waals surface area contributed by atoms with E-state index in [-0.39, 0.29) is 0 Å². The summed E-state index contributed by atoms with van der Waals surface area (Å²) in [4.78, 5) is 2.10. The molecule has 1 N–H and O–H groups in total. The SMILES string of the molecule is CCCn1ncc(Br)c1C(O)c1cc(Br)c(C)s1. The summed E-state index contributed by atoms with van der Waals surface area (Å²) in [6.07, 6.45) is 2.09. The highest BCUT2D eigenvalue weighted by Gasteiger charge is 2.21. The monoisotopic (exact) mass is 392 g/mol. The number of rotatable bonds is 4. The fraction of sp³-hybridized carbons (Fsp3) is 0.417. The summed E-state index contributed by atoms with van der Waals surface area (Å²) in [6, 6.07) is 1.97. The van der Waals surface area contributed by atoms with E-state index in [1.807, 2.05) is 17.7 Å². The topological polar surface area (TPSA) is 38.0 Å². The first-order chi connectivity index (χ1) is 8.54. The van der Waals surface area contributed by atoms with Crippen molar-refractivity contribution in [1.82, 2.24) is 9.78 Å². The predicted molar refractivity (Wildman–Crippen MR) is 81.0 cm³/mol. The van der Waals surface area contributed by atoms with E-state index in [2.05, 4.69) is 43.9 Å². The zero-order chi connectivity index (χ0) is 13.3. The number of thiophene rings is 1. The molecule has 0 fully saturated rings. The Balaban J connectivity index is 2.38. The Hall–Kier alpha value is -0.170. The number of aliphatic hydroxyl groups excluding tert-OH is 1. The molecular formula is C12H14Br2N2OS. The molecule has 0 amide bonds. The summed E-state index contributed by atoms with van der Waals surface area (Å²) >= 11 is 8.54. The van der Waals surface area contributed by atoms with E-state index in [0.717, 1.165) is 32.5 Å². The highest BCUT2D eigenvalue weighted by atomic mass is 79.9. The van der Waals surface area contributed by atoms with Gasteiger partial charge in [-0.1, -0.05) is 6.92 Å². The van der Waals surface area contributed by atoms with Crippen LogP contribution in [0, 0.1) is 6.92 Å². The number of aryl methyl sites for hydroxylation is 2. The lowest BCUT2D eigenvalue weighted by Crippen LogP contribution is -2.09. The third-order valence-electron chi connectivity index (χ3n) is 2.67. The quantitative estimate of drug-likeness (QED) is 0.842. The molecule has 1 unspecified atom stereocenters. The van der Waals surface area contributed by atoms with Gasteiger partial charge < -0.3 is 5.11 Å². The van der Waals surface area contributed by atoms with Crippen LogP contribution in [0.2, 0.25) is 0 Å². The van der Waals surface area contributed by atoms with Crippen molar-refractivity contribution in [1.29, 1.82) is 0 Å². The number of aliphatic hydroxyl groups is 1. The minimum atomic E-state index is -0.636. The van der Waals surface area contributed by atoms with Crippen LogP contribution in [0.5, 0.6) is 0 Å². The van der Waals surface area contributed by atoms with Gasteiger partial charge in [0.15, 0.2) is 0 Å². The first-order valence-electron chi connectivity index (χ1n) is 5.69. The Bertz CT molecular complexity index is 531. The summed E-state index contributed by atoms with van der Waals surface area (Å²) in [5.74, 6) is 0. The first kappa shape index (κ1) is 14.2. The summed E-state index contributed by atoms with van der Waals surface area (Å²) in [5.41, 5.74) is 0.825. The van der Waals surface area contributed by atoms with Crippen molar-refractivity contribution < 1.29 is 5.11 Å². The standard InChI is InChI=1S/C12H14Br2N2OS/c1-3-4-16-11(9(14)6-15-16)12(17)10-5-8(13)7(2)18-10/h5-6,12,17H,3-4H2,1-2H3. The molecule has 2 rings (SSSR count). The van der Waals surface area contributed by atoms with E-state index in [1.165, 1.54) is 4.88 Å². The number of hydrogen-bond donors (Lipinski definition) is 1. The second-order valence-corrected chi connectivity index (χ2v) is 7.05. The fourth-order valence-corrected chi connectivity index (χ4v) is 3.85. The van der Waals surface area contributed by atoms with E-state index in [0.29, 0.717) is 0 Å². The van der Waals surface area contributed by atoms with E-state index in [9.17, 15) is 5.11 Å².